The van der Waals surface area contributed by atoms with Crippen molar-refractivity contribution in [1.82, 2.24) is 0 Å². The van der Waals surface area contributed by atoms with Gasteiger partial charge in [-0.05, 0) is 42.8 Å². The van der Waals surface area contributed by atoms with Gasteiger partial charge in [0.2, 0.25) is 0 Å². The highest BCUT2D eigenvalue weighted by atomic mass is 35.5. The number of nitrogens with one attached hydrogen (secondary N) is 1. The predicted molar refractivity (Wildman–Crippen MR) is 109 cm³/mol. The number of carbonyl (C=O) groups is 1. The molecule has 0 atom stereocenters. The van der Waals surface area contributed by atoms with Crippen LogP contribution in [0, 0.1) is 28.4 Å². The molecule has 0 fully saturated rings. The van der Waals surface area contributed by atoms with Gasteiger partial charge in [0.15, 0.2) is 0 Å². The van der Waals surface area contributed by atoms with Gasteiger partial charge < -0.3 is 9.73 Å². The third-order valence-electron chi connectivity index (χ3n) is 4.09. The molecule has 0 radical (unpaired) electrons. The summed E-state index contributed by atoms with van der Waals surface area (Å²) in [7, 11) is 0. The lowest BCUT2D eigenvalue weighted by Crippen LogP contribution is -2.14. The molecule has 29 heavy (non-hydrogen) atoms. The Bertz CT molecular complexity index is 1170. The zero-order chi connectivity index (χ0) is 21.0. The van der Waals surface area contributed by atoms with Gasteiger partial charge in [-0.15, -0.1) is 0 Å². The van der Waals surface area contributed by atoms with E-state index in [0.717, 1.165) is 5.56 Å². The molecule has 1 N–H and O–H groups in total. The largest absolute Gasteiger partial charge is 0.456 e. The maximum absolute atomic E-state index is 12.4. The number of nitriles is 1. The van der Waals surface area contributed by atoms with Crippen LogP contribution in [-0.2, 0) is 4.79 Å². The predicted octanol–water partition coefficient (Wildman–Crippen LogP) is 5.36. The molecule has 1 heterocycles. The van der Waals surface area contributed by atoms with E-state index in [-0.39, 0.29) is 33.4 Å². The Morgan fingerprint density at radius 1 is 1.24 bits per heavy atom. The summed E-state index contributed by atoms with van der Waals surface area (Å²) in [6, 6.07) is 16.3. The quantitative estimate of drug-likeness (QED) is 0.265. The molecule has 8 heteroatoms. The number of amides is 1. The second-order valence-corrected chi connectivity index (χ2v) is 6.50. The smallest absolute Gasteiger partial charge is 0.281 e. The van der Waals surface area contributed by atoms with E-state index in [1.54, 1.807) is 12.1 Å². The van der Waals surface area contributed by atoms with E-state index in [1.807, 2.05) is 25.1 Å². The molecule has 7 nitrogen and oxygen atoms in total. The number of nitro groups is 1. The van der Waals surface area contributed by atoms with Crippen LogP contribution in [0.2, 0.25) is 5.02 Å². The van der Waals surface area contributed by atoms with Crippen molar-refractivity contribution >= 4 is 35.0 Å². The van der Waals surface area contributed by atoms with Gasteiger partial charge in [0.05, 0.1) is 10.5 Å². The van der Waals surface area contributed by atoms with E-state index < -0.39 is 10.8 Å². The summed E-state index contributed by atoms with van der Waals surface area (Å²) in [5, 5.41) is 23.5. The lowest BCUT2D eigenvalue weighted by Gasteiger charge is -2.06. The average molecular weight is 408 g/mol. The molecule has 0 saturated carbocycles. The van der Waals surface area contributed by atoms with Crippen molar-refractivity contribution in [2.75, 3.05) is 5.32 Å². The third kappa shape index (κ3) is 4.51. The lowest BCUT2D eigenvalue weighted by atomic mass is 10.1. The van der Waals surface area contributed by atoms with Crippen LogP contribution in [0.25, 0.3) is 17.4 Å². The van der Waals surface area contributed by atoms with Gasteiger partial charge in [0.1, 0.15) is 23.2 Å². The molecule has 2 aromatic carbocycles. The minimum absolute atomic E-state index is 0.167. The fraction of sp³-hybridized carbons (Fsp3) is 0.0476. The SMILES string of the molecule is Cc1ccccc1NC(=O)/C(C#N)=C\c1ccc(-c2ccc(Cl)cc2[N+](=O)[O-])o1. The Kier molecular flexibility index (Phi) is 5.77. The summed E-state index contributed by atoms with van der Waals surface area (Å²) < 4.78 is 5.60. The van der Waals surface area contributed by atoms with Crippen LogP contribution in [0.3, 0.4) is 0 Å². The molecule has 0 aliphatic carbocycles. The van der Waals surface area contributed by atoms with Crippen LogP contribution < -0.4 is 5.32 Å². The second-order valence-electron chi connectivity index (χ2n) is 6.06. The van der Waals surface area contributed by atoms with Crippen LogP contribution in [0.15, 0.2) is 64.6 Å². The molecular weight excluding hydrogens is 394 g/mol. The normalized spacial score (nSPS) is 11.0. The van der Waals surface area contributed by atoms with Crippen LogP contribution >= 0.6 is 11.6 Å². The van der Waals surface area contributed by atoms with Gasteiger partial charge in [-0.25, -0.2) is 0 Å². The van der Waals surface area contributed by atoms with Crippen LogP contribution in [-0.4, -0.2) is 10.8 Å². The van der Waals surface area contributed by atoms with Gasteiger partial charge in [0, 0.05) is 22.9 Å². The first-order valence-electron chi connectivity index (χ1n) is 8.42. The van der Waals surface area contributed by atoms with E-state index >= 15 is 0 Å². The van der Waals surface area contributed by atoms with Gasteiger partial charge in [-0.3, -0.25) is 14.9 Å². The lowest BCUT2D eigenvalue weighted by molar-refractivity contribution is -0.384. The molecule has 3 rings (SSSR count). The third-order valence-corrected chi connectivity index (χ3v) is 4.33. The molecule has 0 aliphatic rings. The maximum Gasteiger partial charge on any atom is 0.281 e. The summed E-state index contributed by atoms with van der Waals surface area (Å²) in [4.78, 5) is 23.1. The molecule has 0 unspecified atom stereocenters. The van der Waals surface area contributed by atoms with Crippen molar-refractivity contribution in [3.63, 3.8) is 0 Å². The van der Waals surface area contributed by atoms with Crippen LogP contribution in [0.5, 0.6) is 0 Å². The Hall–Kier alpha value is -3.89. The number of hydrogen-bond donors (Lipinski definition) is 1. The number of nitrogens with zero attached hydrogens (tertiary/aromatic N) is 2. The van der Waals surface area contributed by atoms with Gasteiger partial charge in [-0.1, -0.05) is 29.8 Å². The maximum atomic E-state index is 12.4. The topological polar surface area (TPSA) is 109 Å². The van der Waals surface area contributed by atoms with E-state index in [9.17, 15) is 20.2 Å². The standard InChI is InChI=1S/C21H14ClN3O4/c1-13-4-2-3-5-18(13)24-21(26)14(12-23)10-16-7-9-20(29-16)17-8-6-15(22)11-19(17)25(27)28/h2-11H,1H3,(H,24,26)/b14-10-. The number of rotatable bonds is 5. The fourth-order valence-electron chi connectivity index (χ4n) is 2.63. The number of carbonyl (C=O) groups excluding carboxylic acids is 1. The number of anilines is 1. The molecular formula is C21H14ClN3O4. The number of furan rings is 1. The monoisotopic (exact) mass is 407 g/mol. The number of nitro benzene ring substituents is 1. The van der Waals surface area contributed by atoms with Gasteiger partial charge in [0.25, 0.3) is 11.6 Å². The molecule has 0 saturated heterocycles. The highest BCUT2D eigenvalue weighted by molar-refractivity contribution is 6.30. The summed E-state index contributed by atoms with van der Waals surface area (Å²) in [6.07, 6.45) is 1.28. The van der Waals surface area contributed by atoms with Gasteiger partial charge in [-0.2, -0.15) is 5.26 Å². The van der Waals surface area contributed by atoms with Gasteiger partial charge >= 0.3 is 0 Å². The molecule has 3 aromatic rings. The first-order chi connectivity index (χ1) is 13.9. The minimum Gasteiger partial charge on any atom is -0.456 e. The van der Waals surface area contributed by atoms with Crippen molar-refractivity contribution < 1.29 is 14.1 Å². The van der Waals surface area contributed by atoms with Crippen LogP contribution in [0.1, 0.15) is 11.3 Å². The number of aryl methyl sites for hydroxylation is 1. The van der Waals surface area contributed by atoms with E-state index in [0.29, 0.717) is 5.69 Å². The van der Waals surface area contributed by atoms with E-state index in [4.69, 9.17) is 16.0 Å². The Balaban J connectivity index is 1.89. The minimum atomic E-state index is -0.586. The average Bonchev–Trinajstić information content (AvgIpc) is 3.16. The summed E-state index contributed by atoms with van der Waals surface area (Å²) in [6.45, 7) is 1.84. The zero-order valence-corrected chi connectivity index (χ0v) is 15.9. The van der Waals surface area contributed by atoms with Crippen molar-refractivity contribution in [3.05, 3.63) is 86.6 Å². The summed E-state index contributed by atoms with van der Waals surface area (Å²) >= 11 is 5.83. The number of para-hydroxylation sites is 1. The Morgan fingerprint density at radius 2 is 2.00 bits per heavy atom. The summed E-state index contributed by atoms with van der Waals surface area (Å²) in [5.41, 5.74) is 1.31. The van der Waals surface area contributed by atoms with Crippen molar-refractivity contribution in [2.45, 2.75) is 6.92 Å². The number of hydrogen-bond acceptors (Lipinski definition) is 5. The van der Waals surface area contributed by atoms with Crippen molar-refractivity contribution in [1.29, 1.82) is 5.26 Å². The Morgan fingerprint density at radius 3 is 2.69 bits per heavy atom. The van der Waals surface area contributed by atoms with Crippen molar-refractivity contribution in [3.8, 4) is 17.4 Å². The molecule has 0 bridgehead atoms. The highest BCUT2D eigenvalue weighted by Gasteiger charge is 2.19. The van der Waals surface area contributed by atoms with Crippen LogP contribution in [0.4, 0.5) is 11.4 Å². The summed E-state index contributed by atoms with van der Waals surface area (Å²) in [5.74, 6) is -0.158. The molecule has 0 spiro atoms. The molecule has 0 aliphatic heterocycles. The first-order valence-corrected chi connectivity index (χ1v) is 8.80. The number of halogens is 1. The fourth-order valence-corrected chi connectivity index (χ4v) is 2.80. The number of benzene rings is 2. The second kappa shape index (κ2) is 8.42. The van der Waals surface area contributed by atoms with E-state index in [1.165, 1.54) is 36.4 Å². The zero-order valence-electron chi connectivity index (χ0n) is 15.2. The highest BCUT2D eigenvalue weighted by Crippen LogP contribution is 2.33. The molecule has 1 amide bonds. The molecule has 144 valence electrons. The Labute approximate surface area is 171 Å². The van der Waals surface area contributed by atoms with E-state index in [2.05, 4.69) is 5.32 Å². The molecule has 1 aromatic heterocycles. The van der Waals surface area contributed by atoms with Crippen molar-refractivity contribution in [2.24, 2.45) is 0 Å². The first kappa shape index (κ1) is 19.9.